The molecule has 0 aliphatic carbocycles. The minimum Gasteiger partial charge on any atom is -0.399 e. The quantitative estimate of drug-likeness (QED) is 0.696. The molecule has 78 valence electrons. The van der Waals surface area contributed by atoms with Crippen molar-refractivity contribution in [2.45, 2.75) is 19.5 Å². The zero-order chi connectivity index (χ0) is 10.4. The first-order chi connectivity index (χ1) is 6.72. The van der Waals surface area contributed by atoms with E-state index in [1.54, 1.807) is 7.11 Å². The highest BCUT2D eigenvalue weighted by Gasteiger charge is 1.99. The summed E-state index contributed by atoms with van der Waals surface area (Å²) in [6.07, 6.45) is 0. The molecule has 0 saturated carbocycles. The fraction of sp³-hybridized carbons (Fsp3) is 0.455. The highest BCUT2D eigenvalue weighted by Crippen LogP contribution is 2.05. The molecule has 0 spiro atoms. The van der Waals surface area contributed by atoms with Gasteiger partial charge < -0.3 is 15.8 Å². The zero-order valence-electron chi connectivity index (χ0n) is 8.79. The van der Waals surface area contributed by atoms with Crippen LogP contribution in [-0.4, -0.2) is 19.8 Å². The lowest BCUT2D eigenvalue weighted by molar-refractivity contribution is 0.171. The van der Waals surface area contributed by atoms with Crippen molar-refractivity contribution in [3.8, 4) is 0 Å². The maximum atomic E-state index is 5.59. The van der Waals surface area contributed by atoms with Gasteiger partial charge >= 0.3 is 0 Å². The molecule has 0 aliphatic rings. The van der Waals surface area contributed by atoms with Gasteiger partial charge in [-0.1, -0.05) is 12.1 Å². The minimum atomic E-state index is 0.373. The second kappa shape index (κ2) is 5.62. The van der Waals surface area contributed by atoms with Crippen molar-refractivity contribution in [1.82, 2.24) is 5.32 Å². The van der Waals surface area contributed by atoms with E-state index >= 15 is 0 Å². The summed E-state index contributed by atoms with van der Waals surface area (Å²) in [4.78, 5) is 0. The first-order valence-corrected chi connectivity index (χ1v) is 4.79. The Labute approximate surface area is 85.3 Å². The average molecular weight is 194 g/mol. The topological polar surface area (TPSA) is 47.3 Å². The molecule has 1 unspecified atom stereocenters. The van der Waals surface area contributed by atoms with Crippen molar-refractivity contribution in [3.05, 3.63) is 29.8 Å². The summed E-state index contributed by atoms with van der Waals surface area (Å²) in [5.41, 5.74) is 7.63. The van der Waals surface area contributed by atoms with Crippen LogP contribution in [0.1, 0.15) is 12.5 Å². The van der Waals surface area contributed by atoms with Crippen LogP contribution in [0, 0.1) is 0 Å². The van der Waals surface area contributed by atoms with Crippen LogP contribution in [0.3, 0.4) is 0 Å². The predicted molar refractivity (Wildman–Crippen MR) is 59.0 cm³/mol. The lowest BCUT2D eigenvalue weighted by Crippen LogP contribution is -2.29. The molecule has 1 rings (SSSR count). The van der Waals surface area contributed by atoms with Crippen molar-refractivity contribution in [2.75, 3.05) is 19.5 Å². The number of nitrogen functional groups attached to an aromatic ring is 1. The third-order valence-electron chi connectivity index (χ3n) is 2.05. The molecule has 1 aromatic carbocycles. The lowest BCUT2D eigenvalue weighted by Gasteiger charge is -2.12. The lowest BCUT2D eigenvalue weighted by atomic mass is 10.2. The van der Waals surface area contributed by atoms with Gasteiger partial charge in [-0.15, -0.1) is 0 Å². The second-order valence-electron chi connectivity index (χ2n) is 3.48. The van der Waals surface area contributed by atoms with Gasteiger partial charge in [0.25, 0.3) is 0 Å². The molecule has 0 amide bonds. The molecule has 0 aliphatic heterocycles. The molecular weight excluding hydrogens is 176 g/mol. The van der Waals surface area contributed by atoms with Gasteiger partial charge in [0.2, 0.25) is 0 Å². The number of hydrogen-bond donors (Lipinski definition) is 2. The van der Waals surface area contributed by atoms with Gasteiger partial charge in [0.15, 0.2) is 0 Å². The molecule has 0 bridgehead atoms. The fourth-order valence-electron chi connectivity index (χ4n) is 1.24. The Morgan fingerprint density at radius 3 is 2.57 bits per heavy atom. The summed E-state index contributed by atoms with van der Waals surface area (Å²) in [6, 6.07) is 8.26. The van der Waals surface area contributed by atoms with Gasteiger partial charge in [-0.2, -0.15) is 0 Å². The Bertz CT molecular complexity index is 258. The molecule has 3 heteroatoms. The Morgan fingerprint density at radius 2 is 2.00 bits per heavy atom. The zero-order valence-corrected chi connectivity index (χ0v) is 8.79. The van der Waals surface area contributed by atoms with Crippen LogP contribution >= 0.6 is 0 Å². The van der Waals surface area contributed by atoms with E-state index in [4.69, 9.17) is 10.5 Å². The van der Waals surface area contributed by atoms with E-state index in [0.29, 0.717) is 6.04 Å². The van der Waals surface area contributed by atoms with Crippen LogP contribution in [-0.2, 0) is 11.3 Å². The number of rotatable bonds is 5. The first kappa shape index (κ1) is 11.0. The Balaban J connectivity index is 2.34. The van der Waals surface area contributed by atoms with Crippen LogP contribution in [0.4, 0.5) is 5.69 Å². The molecule has 0 saturated heterocycles. The third kappa shape index (κ3) is 3.77. The Morgan fingerprint density at radius 1 is 1.36 bits per heavy atom. The highest BCUT2D eigenvalue weighted by molar-refractivity contribution is 5.39. The summed E-state index contributed by atoms with van der Waals surface area (Å²) in [6.45, 7) is 3.68. The molecule has 0 heterocycles. The number of nitrogens with one attached hydrogen (secondary N) is 1. The van der Waals surface area contributed by atoms with E-state index in [1.165, 1.54) is 5.56 Å². The van der Waals surface area contributed by atoms with E-state index in [-0.39, 0.29) is 0 Å². The van der Waals surface area contributed by atoms with Crippen molar-refractivity contribution in [2.24, 2.45) is 0 Å². The molecule has 1 aromatic rings. The molecule has 1 atom stereocenters. The van der Waals surface area contributed by atoms with Gasteiger partial charge in [0.1, 0.15) is 0 Å². The summed E-state index contributed by atoms with van der Waals surface area (Å²) in [5, 5.41) is 3.35. The number of hydrogen-bond acceptors (Lipinski definition) is 3. The normalized spacial score (nSPS) is 12.7. The van der Waals surface area contributed by atoms with E-state index in [2.05, 4.69) is 12.2 Å². The minimum absolute atomic E-state index is 0.373. The SMILES string of the molecule is COCC(C)NCc1ccc(N)cc1. The highest BCUT2D eigenvalue weighted by atomic mass is 16.5. The van der Waals surface area contributed by atoms with Crippen LogP contribution in [0.5, 0.6) is 0 Å². The van der Waals surface area contributed by atoms with Gasteiger partial charge in [-0.3, -0.25) is 0 Å². The smallest absolute Gasteiger partial charge is 0.0613 e. The maximum absolute atomic E-state index is 5.59. The predicted octanol–water partition coefficient (Wildman–Crippen LogP) is 1.39. The maximum Gasteiger partial charge on any atom is 0.0613 e. The number of benzene rings is 1. The molecule has 0 radical (unpaired) electrons. The molecular formula is C11H18N2O. The van der Waals surface area contributed by atoms with Gasteiger partial charge in [0, 0.05) is 25.4 Å². The van der Waals surface area contributed by atoms with Crippen molar-refractivity contribution in [3.63, 3.8) is 0 Å². The summed E-state index contributed by atoms with van der Waals surface area (Å²) in [7, 11) is 1.71. The van der Waals surface area contributed by atoms with Crippen molar-refractivity contribution in [1.29, 1.82) is 0 Å². The van der Waals surface area contributed by atoms with E-state index in [9.17, 15) is 0 Å². The largest absolute Gasteiger partial charge is 0.399 e. The number of nitrogens with two attached hydrogens (primary N) is 1. The van der Waals surface area contributed by atoms with Crippen molar-refractivity contribution < 1.29 is 4.74 Å². The molecule has 3 N–H and O–H groups in total. The molecule has 14 heavy (non-hydrogen) atoms. The molecule has 0 fully saturated rings. The monoisotopic (exact) mass is 194 g/mol. The summed E-state index contributed by atoms with van der Waals surface area (Å²) < 4.78 is 5.03. The van der Waals surface area contributed by atoms with Gasteiger partial charge in [0.05, 0.1) is 6.61 Å². The van der Waals surface area contributed by atoms with E-state index < -0.39 is 0 Å². The molecule has 3 nitrogen and oxygen atoms in total. The standard InChI is InChI=1S/C11H18N2O/c1-9(8-14-2)13-7-10-3-5-11(12)6-4-10/h3-6,9,13H,7-8,12H2,1-2H3. The Kier molecular flexibility index (Phi) is 4.43. The van der Waals surface area contributed by atoms with Crippen LogP contribution in [0.15, 0.2) is 24.3 Å². The first-order valence-electron chi connectivity index (χ1n) is 4.79. The second-order valence-corrected chi connectivity index (χ2v) is 3.48. The van der Waals surface area contributed by atoms with Crippen molar-refractivity contribution >= 4 is 5.69 Å². The van der Waals surface area contributed by atoms with Gasteiger partial charge in [-0.05, 0) is 24.6 Å². The number of methoxy groups -OCH3 is 1. The average Bonchev–Trinajstić information content (AvgIpc) is 2.17. The van der Waals surface area contributed by atoms with Crippen LogP contribution < -0.4 is 11.1 Å². The van der Waals surface area contributed by atoms with Crippen LogP contribution in [0.2, 0.25) is 0 Å². The summed E-state index contributed by atoms with van der Waals surface area (Å²) in [5.74, 6) is 0. The third-order valence-corrected chi connectivity index (χ3v) is 2.05. The van der Waals surface area contributed by atoms with E-state index in [0.717, 1.165) is 18.8 Å². The van der Waals surface area contributed by atoms with Crippen LogP contribution in [0.25, 0.3) is 0 Å². The molecule has 0 aromatic heterocycles. The van der Waals surface area contributed by atoms with E-state index in [1.807, 2.05) is 24.3 Å². The Hall–Kier alpha value is -1.06. The van der Waals surface area contributed by atoms with Gasteiger partial charge in [-0.25, -0.2) is 0 Å². The summed E-state index contributed by atoms with van der Waals surface area (Å²) >= 11 is 0. The number of ether oxygens (including phenoxy) is 1. The number of anilines is 1. The fourth-order valence-corrected chi connectivity index (χ4v) is 1.24.